The van der Waals surface area contributed by atoms with Gasteiger partial charge in [-0.2, -0.15) is 0 Å². The second-order valence-corrected chi connectivity index (χ2v) is 19.5. The maximum absolute atomic E-state index is 13.3. The van der Waals surface area contributed by atoms with Crippen LogP contribution < -0.4 is 10.6 Å². The minimum Gasteiger partial charge on any atom is -0.378 e. The van der Waals surface area contributed by atoms with E-state index in [0.29, 0.717) is 107 Å². The van der Waals surface area contributed by atoms with E-state index in [1.165, 1.54) is 17.3 Å². The Morgan fingerprint density at radius 3 is 2.07 bits per heavy atom. The molecule has 0 spiro atoms. The average Bonchev–Trinajstić information content (AvgIpc) is 3.67. The lowest BCUT2D eigenvalue weighted by Gasteiger charge is -2.33. The highest BCUT2D eigenvalue weighted by molar-refractivity contribution is 7.99. The molecule has 1 atom stereocenters. The third-order valence-electron chi connectivity index (χ3n) is 13.5. The molecule has 0 radical (unpaired) electrons. The van der Waals surface area contributed by atoms with Gasteiger partial charge in [0.2, 0.25) is 23.6 Å². The van der Waals surface area contributed by atoms with Gasteiger partial charge in [-0.05, 0) is 97.9 Å². The van der Waals surface area contributed by atoms with E-state index in [4.69, 9.17) is 23.7 Å². The SMILES string of the molecule is O=C(/C=C/c1cccnc1)NCCCCC1CCN(C(=O)c2ccc(C3CCN(C(=O)COCCOCCOCCOCCOCCSc4cccc5c4C(=O)N(C4CCC(=O)NC4=O)C5=O)CC3)cc2)CC1. The van der Waals surface area contributed by atoms with Gasteiger partial charge in [0.15, 0.2) is 0 Å². The van der Waals surface area contributed by atoms with Gasteiger partial charge < -0.3 is 38.8 Å². The summed E-state index contributed by atoms with van der Waals surface area (Å²) in [6.45, 7) is 6.88. The maximum atomic E-state index is 13.3. The molecule has 0 saturated carbocycles. The topological polar surface area (TPSA) is 212 Å². The van der Waals surface area contributed by atoms with Crippen LogP contribution in [0.5, 0.6) is 0 Å². The molecule has 18 nitrogen and oxygen atoms in total. The third-order valence-corrected chi connectivity index (χ3v) is 14.5. The van der Waals surface area contributed by atoms with Gasteiger partial charge in [0, 0.05) is 73.8 Å². The van der Waals surface area contributed by atoms with Crippen LogP contribution in [-0.2, 0) is 42.9 Å². The molecule has 3 fully saturated rings. The molecule has 7 rings (SSSR count). The normalized spacial score (nSPS) is 17.6. The Hall–Kier alpha value is -5.83. The zero-order valence-corrected chi connectivity index (χ0v) is 42.3. The predicted molar refractivity (Wildman–Crippen MR) is 272 cm³/mol. The van der Waals surface area contributed by atoms with E-state index in [-0.39, 0.29) is 48.3 Å². The van der Waals surface area contributed by atoms with Crippen LogP contribution in [0.15, 0.2) is 78.0 Å². The number of aromatic nitrogens is 1. The first-order chi connectivity index (χ1) is 35.7. The molecule has 19 heteroatoms. The van der Waals surface area contributed by atoms with Crippen LogP contribution in [0, 0.1) is 5.92 Å². The Bertz CT molecular complexity index is 2350. The number of unbranched alkanes of at least 4 members (excludes halogenated alkanes) is 1. The number of thioether (sulfide) groups is 1. The minimum atomic E-state index is -1.01. The lowest BCUT2D eigenvalue weighted by Crippen LogP contribution is -2.54. The molecule has 3 aromatic rings. The van der Waals surface area contributed by atoms with Crippen LogP contribution in [0.3, 0.4) is 0 Å². The maximum Gasteiger partial charge on any atom is 0.263 e. The first-order valence-corrected chi connectivity index (χ1v) is 26.5. The van der Waals surface area contributed by atoms with Gasteiger partial charge in [-0.1, -0.05) is 37.1 Å². The summed E-state index contributed by atoms with van der Waals surface area (Å²) in [6.07, 6.45) is 13.7. The van der Waals surface area contributed by atoms with Crippen molar-refractivity contribution in [3.8, 4) is 0 Å². The Morgan fingerprint density at radius 2 is 1.40 bits per heavy atom. The molecular formula is C54H68N6O12S. The fraction of sp³-hybridized carbons (Fsp3) is 0.519. The number of hydrogen-bond acceptors (Lipinski definition) is 14. The summed E-state index contributed by atoms with van der Waals surface area (Å²) in [4.78, 5) is 98.0. The van der Waals surface area contributed by atoms with Gasteiger partial charge >= 0.3 is 0 Å². The van der Waals surface area contributed by atoms with Crippen molar-refractivity contribution < 1.29 is 57.2 Å². The van der Waals surface area contributed by atoms with E-state index < -0.39 is 29.7 Å². The monoisotopic (exact) mass is 1020 g/mol. The minimum absolute atomic E-state index is 0.00948. The first kappa shape index (κ1) is 54.9. The number of nitrogens with zero attached hydrogens (tertiary/aromatic N) is 4. The van der Waals surface area contributed by atoms with Crippen LogP contribution in [0.25, 0.3) is 6.08 Å². The molecule has 0 bridgehead atoms. The second kappa shape index (κ2) is 29.2. The molecule has 4 aliphatic rings. The average molecular weight is 1030 g/mol. The van der Waals surface area contributed by atoms with E-state index in [1.54, 1.807) is 42.7 Å². The number of carbonyl (C=O) groups is 7. The number of piperidine rings is 3. The molecule has 2 N–H and O–H groups in total. The molecular weight excluding hydrogens is 957 g/mol. The predicted octanol–water partition coefficient (Wildman–Crippen LogP) is 4.92. The van der Waals surface area contributed by atoms with Gasteiger partial charge in [-0.15, -0.1) is 11.8 Å². The van der Waals surface area contributed by atoms with E-state index in [2.05, 4.69) is 27.8 Å². The summed E-state index contributed by atoms with van der Waals surface area (Å²) in [7, 11) is 0. The summed E-state index contributed by atoms with van der Waals surface area (Å²) in [5.41, 5.74) is 3.33. The Labute approximate surface area is 431 Å². The van der Waals surface area contributed by atoms with Crippen molar-refractivity contribution in [3.63, 3.8) is 0 Å². The number of benzene rings is 2. The largest absolute Gasteiger partial charge is 0.378 e. The van der Waals surface area contributed by atoms with Crippen molar-refractivity contribution >= 4 is 59.2 Å². The summed E-state index contributed by atoms with van der Waals surface area (Å²) < 4.78 is 28.0. The Balaban J connectivity index is 0.640. The smallest absolute Gasteiger partial charge is 0.263 e. The van der Waals surface area contributed by atoms with Crippen LogP contribution >= 0.6 is 11.8 Å². The molecule has 392 valence electrons. The number of rotatable bonds is 28. The van der Waals surface area contributed by atoms with E-state index in [0.717, 1.165) is 68.5 Å². The number of imide groups is 2. The van der Waals surface area contributed by atoms with Crippen molar-refractivity contribution in [2.24, 2.45) is 5.92 Å². The zero-order valence-electron chi connectivity index (χ0n) is 41.5. The molecule has 73 heavy (non-hydrogen) atoms. The van der Waals surface area contributed by atoms with E-state index in [1.807, 2.05) is 34.1 Å². The van der Waals surface area contributed by atoms with Crippen LogP contribution in [0.4, 0.5) is 0 Å². The molecule has 7 amide bonds. The molecule has 2 aromatic carbocycles. The number of fused-ring (bicyclic) bond motifs is 1. The summed E-state index contributed by atoms with van der Waals surface area (Å²) in [5, 5.41) is 5.16. The summed E-state index contributed by atoms with van der Waals surface area (Å²) in [5.74, 6) is -0.699. The van der Waals surface area contributed by atoms with E-state index in [9.17, 15) is 33.6 Å². The zero-order chi connectivity index (χ0) is 51.2. The number of nitrogens with one attached hydrogen (secondary N) is 2. The van der Waals surface area contributed by atoms with Crippen LogP contribution in [0.1, 0.15) is 106 Å². The third kappa shape index (κ3) is 16.6. The molecule has 0 aliphatic carbocycles. The number of likely N-dealkylation sites (tertiary alicyclic amines) is 2. The highest BCUT2D eigenvalue weighted by atomic mass is 32.2. The lowest BCUT2D eigenvalue weighted by atomic mass is 9.88. The highest BCUT2D eigenvalue weighted by Gasteiger charge is 2.45. The van der Waals surface area contributed by atoms with Gasteiger partial charge in [0.1, 0.15) is 12.6 Å². The fourth-order valence-electron chi connectivity index (χ4n) is 9.39. The molecule has 4 aliphatic heterocycles. The number of ether oxygens (including phenoxy) is 5. The van der Waals surface area contributed by atoms with Crippen molar-refractivity contribution in [2.75, 3.05) is 105 Å². The summed E-state index contributed by atoms with van der Waals surface area (Å²) in [6, 6.07) is 15.8. The van der Waals surface area contributed by atoms with Gasteiger partial charge in [-0.3, -0.25) is 48.8 Å². The Kier molecular flexibility index (Phi) is 21.9. The summed E-state index contributed by atoms with van der Waals surface area (Å²) >= 11 is 1.39. The first-order valence-electron chi connectivity index (χ1n) is 25.5. The van der Waals surface area contributed by atoms with Crippen LogP contribution in [-0.4, -0.2) is 172 Å². The molecule has 1 aromatic heterocycles. The number of amides is 7. The fourth-order valence-corrected chi connectivity index (χ4v) is 10.3. The molecule has 1 unspecified atom stereocenters. The number of pyridine rings is 1. The van der Waals surface area contributed by atoms with Crippen molar-refractivity contribution in [1.82, 2.24) is 30.3 Å². The van der Waals surface area contributed by atoms with Crippen molar-refractivity contribution in [3.05, 3.63) is 101 Å². The Morgan fingerprint density at radius 1 is 0.726 bits per heavy atom. The number of carbonyl (C=O) groups excluding carboxylic acids is 7. The molecule has 3 saturated heterocycles. The second-order valence-electron chi connectivity index (χ2n) is 18.4. The quantitative estimate of drug-likeness (QED) is 0.0428. The van der Waals surface area contributed by atoms with E-state index >= 15 is 0 Å². The van der Waals surface area contributed by atoms with Crippen molar-refractivity contribution in [2.45, 2.75) is 74.6 Å². The van der Waals surface area contributed by atoms with Gasteiger partial charge in [0.25, 0.3) is 17.7 Å². The van der Waals surface area contributed by atoms with Gasteiger partial charge in [-0.25, -0.2) is 0 Å². The lowest BCUT2D eigenvalue weighted by molar-refractivity contribution is -0.138. The molecule has 5 heterocycles. The van der Waals surface area contributed by atoms with Gasteiger partial charge in [0.05, 0.1) is 70.6 Å². The van der Waals surface area contributed by atoms with Crippen LogP contribution in [0.2, 0.25) is 0 Å². The highest BCUT2D eigenvalue weighted by Crippen LogP contribution is 2.35. The standard InChI is InChI=1S/C54H68N6O12S/c61-47(15-9-40-6-4-21-55-37-40)56-22-2-1-5-39-17-23-59(24-18-39)52(65)43-12-10-41(11-13-43)42-19-25-58(26-20-42)49(63)38-72-34-33-70-30-29-68-27-28-69-31-32-71-35-36-73-46-8-3-7-44-50(46)54(67)60(53(44)66)45-14-16-48(62)57-51(45)64/h3-4,6-13,15,21,37,39,42,45H,1-2,5,14,16-20,22-36,38H2,(H,56,61)(H,57,62,64)/b15-9+. The van der Waals surface area contributed by atoms with Crippen molar-refractivity contribution in [1.29, 1.82) is 0 Å². The number of hydrogen-bond donors (Lipinski definition) is 2.